The van der Waals surface area contributed by atoms with Gasteiger partial charge in [-0.15, -0.1) is 0 Å². The van der Waals surface area contributed by atoms with Crippen LogP contribution >= 0.6 is 0 Å². The standard InChI is InChI=1S/C19H20FN5/c20-17-5-3-16(4-6-17)19-18(2-1-7-21-19)25-10-8-24(9-11-25)14-15-12-22-23-13-15/h1-7,12-13H,8-11,14H2,(H,22,23). The maximum atomic E-state index is 13.2. The van der Waals surface area contributed by atoms with Gasteiger partial charge < -0.3 is 4.90 Å². The molecule has 0 amide bonds. The Hall–Kier alpha value is -2.73. The molecule has 6 heteroatoms. The summed E-state index contributed by atoms with van der Waals surface area (Å²) in [6.07, 6.45) is 5.61. The van der Waals surface area contributed by atoms with Crippen molar-refractivity contribution in [3.05, 3.63) is 66.4 Å². The predicted octanol–water partition coefficient (Wildman–Crippen LogP) is 2.93. The molecule has 1 aliphatic rings. The fourth-order valence-electron chi connectivity index (χ4n) is 3.25. The lowest BCUT2D eigenvalue weighted by atomic mass is 10.1. The number of nitrogens with one attached hydrogen (secondary N) is 1. The van der Waals surface area contributed by atoms with Crippen LogP contribution in [0.3, 0.4) is 0 Å². The van der Waals surface area contributed by atoms with Gasteiger partial charge in [-0.3, -0.25) is 15.0 Å². The van der Waals surface area contributed by atoms with Crippen LogP contribution < -0.4 is 4.90 Å². The number of aromatic amines is 1. The van der Waals surface area contributed by atoms with Crippen LogP contribution in [0.2, 0.25) is 0 Å². The highest BCUT2D eigenvalue weighted by atomic mass is 19.1. The van der Waals surface area contributed by atoms with E-state index in [1.807, 2.05) is 18.5 Å². The molecule has 1 saturated heterocycles. The Bertz CT molecular complexity index is 808. The first kappa shape index (κ1) is 15.8. The number of H-pyrrole nitrogens is 1. The molecule has 0 spiro atoms. The summed E-state index contributed by atoms with van der Waals surface area (Å²) in [5.41, 5.74) is 4.17. The van der Waals surface area contributed by atoms with E-state index in [9.17, 15) is 4.39 Å². The lowest BCUT2D eigenvalue weighted by molar-refractivity contribution is 0.250. The van der Waals surface area contributed by atoms with Crippen LogP contribution in [0.1, 0.15) is 5.56 Å². The molecular formula is C19H20FN5. The normalized spacial score (nSPS) is 15.5. The van der Waals surface area contributed by atoms with Gasteiger partial charge in [-0.1, -0.05) is 0 Å². The van der Waals surface area contributed by atoms with Crippen LogP contribution in [0.25, 0.3) is 11.3 Å². The molecule has 0 unspecified atom stereocenters. The first-order valence-corrected chi connectivity index (χ1v) is 8.45. The van der Waals surface area contributed by atoms with Crippen LogP contribution in [0.5, 0.6) is 0 Å². The number of piperazine rings is 1. The van der Waals surface area contributed by atoms with E-state index in [4.69, 9.17) is 0 Å². The molecule has 0 saturated carbocycles. The van der Waals surface area contributed by atoms with Crippen molar-refractivity contribution >= 4 is 5.69 Å². The monoisotopic (exact) mass is 337 g/mol. The van der Waals surface area contributed by atoms with E-state index in [0.29, 0.717) is 0 Å². The molecule has 1 N–H and O–H groups in total. The van der Waals surface area contributed by atoms with Crippen LogP contribution in [0.4, 0.5) is 10.1 Å². The zero-order valence-electron chi connectivity index (χ0n) is 13.9. The summed E-state index contributed by atoms with van der Waals surface area (Å²) in [7, 11) is 0. The molecule has 25 heavy (non-hydrogen) atoms. The minimum atomic E-state index is -0.228. The Balaban J connectivity index is 1.49. The SMILES string of the molecule is Fc1ccc(-c2ncccc2N2CCN(Cc3cn[nH]c3)CC2)cc1. The van der Waals surface area contributed by atoms with Crippen molar-refractivity contribution < 1.29 is 4.39 Å². The Labute approximate surface area is 146 Å². The van der Waals surface area contributed by atoms with Gasteiger partial charge in [0.25, 0.3) is 0 Å². The molecule has 1 aromatic carbocycles. The molecule has 3 heterocycles. The number of aromatic nitrogens is 3. The Morgan fingerprint density at radius 2 is 1.84 bits per heavy atom. The molecule has 1 aliphatic heterocycles. The van der Waals surface area contributed by atoms with Crippen molar-refractivity contribution in [1.82, 2.24) is 20.1 Å². The molecule has 5 nitrogen and oxygen atoms in total. The third-order valence-corrected chi connectivity index (χ3v) is 4.58. The van der Waals surface area contributed by atoms with Crippen molar-refractivity contribution in [2.45, 2.75) is 6.54 Å². The summed E-state index contributed by atoms with van der Waals surface area (Å²) in [4.78, 5) is 9.33. The van der Waals surface area contributed by atoms with Gasteiger partial charge in [0.15, 0.2) is 0 Å². The molecule has 4 rings (SSSR count). The van der Waals surface area contributed by atoms with E-state index in [1.165, 1.54) is 17.7 Å². The van der Waals surface area contributed by atoms with E-state index in [2.05, 4.69) is 31.0 Å². The first-order chi connectivity index (χ1) is 12.3. The van der Waals surface area contributed by atoms with Gasteiger partial charge in [-0.05, 0) is 36.4 Å². The number of anilines is 1. The summed E-state index contributed by atoms with van der Waals surface area (Å²) in [6, 6.07) is 10.6. The molecule has 0 atom stereocenters. The van der Waals surface area contributed by atoms with Crippen molar-refractivity contribution in [3.8, 4) is 11.3 Å². The number of nitrogens with zero attached hydrogens (tertiary/aromatic N) is 4. The van der Waals surface area contributed by atoms with Gasteiger partial charge in [-0.25, -0.2) is 4.39 Å². The average molecular weight is 337 g/mol. The van der Waals surface area contributed by atoms with Gasteiger partial charge in [0.05, 0.1) is 17.6 Å². The fourth-order valence-corrected chi connectivity index (χ4v) is 3.25. The highest BCUT2D eigenvalue weighted by Crippen LogP contribution is 2.29. The number of benzene rings is 1. The summed E-state index contributed by atoms with van der Waals surface area (Å²) in [5.74, 6) is -0.228. The summed E-state index contributed by atoms with van der Waals surface area (Å²) in [5, 5.41) is 6.87. The number of hydrogen-bond acceptors (Lipinski definition) is 4. The molecular weight excluding hydrogens is 317 g/mol. The van der Waals surface area contributed by atoms with Gasteiger partial charge in [0, 0.05) is 56.2 Å². The number of halogens is 1. The third kappa shape index (κ3) is 3.53. The summed E-state index contributed by atoms with van der Waals surface area (Å²) >= 11 is 0. The lowest BCUT2D eigenvalue weighted by Gasteiger charge is -2.36. The van der Waals surface area contributed by atoms with Gasteiger partial charge >= 0.3 is 0 Å². The minimum Gasteiger partial charge on any atom is -0.367 e. The third-order valence-electron chi connectivity index (χ3n) is 4.58. The highest BCUT2D eigenvalue weighted by molar-refractivity contribution is 5.75. The smallest absolute Gasteiger partial charge is 0.123 e. The molecule has 0 bridgehead atoms. The maximum absolute atomic E-state index is 13.2. The number of rotatable bonds is 4. The van der Waals surface area contributed by atoms with E-state index in [-0.39, 0.29) is 5.82 Å². The average Bonchev–Trinajstić information content (AvgIpc) is 3.16. The van der Waals surface area contributed by atoms with E-state index < -0.39 is 0 Å². The van der Waals surface area contributed by atoms with Crippen molar-refractivity contribution in [1.29, 1.82) is 0 Å². The highest BCUT2D eigenvalue weighted by Gasteiger charge is 2.20. The zero-order chi connectivity index (χ0) is 17.1. The van der Waals surface area contributed by atoms with Crippen LogP contribution in [-0.2, 0) is 6.54 Å². The van der Waals surface area contributed by atoms with E-state index in [0.717, 1.165) is 49.7 Å². The molecule has 0 radical (unpaired) electrons. The van der Waals surface area contributed by atoms with Crippen molar-refractivity contribution in [2.24, 2.45) is 0 Å². The van der Waals surface area contributed by atoms with Crippen LogP contribution in [-0.4, -0.2) is 46.3 Å². The van der Waals surface area contributed by atoms with Crippen molar-refractivity contribution in [3.63, 3.8) is 0 Å². The summed E-state index contributed by atoms with van der Waals surface area (Å²) < 4.78 is 13.2. The van der Waals surface area contributed by atoms with Gasteiger partial charge in [-0.2, -0.15) is 5.10 Å². The quantitative estimate of drug-likeness (QED) is 0.795. The van der Waals surface area contributed by atoms with Gasteiger partial charge in [0.1, 0.15) is 5.82 Å². The molecule has 128 valence electrons. The van der Waals surface area contributed by atoms with Gasteiger partial charge in [0.2, 0.25) is 0 Å². The fraction of sp³-hybridized carbons (Fsp3) is 0.263. The second-order valence-electron chi connectivity index (χ2n) is 6.25. The molecule has 3 aromatic rings. The van der Waals surface area contributed by atoms with E-state index >= 15 is 0 Å². The molecule has 1 fully saturated rings. The zero-order valence-corrected chi connectivity index (χ0v) is 13.9. The second kappa shape index (κ2) is 7.03. The summed E-state index contributed by atoms with van der Waals surface area (Å²) in [6.45, 7) is 4.78. The minimum absolute atomic E-state index is 0.228. The van der Waals surface area contributed by atoms with Crippen molar-refractivity contribution in [2.75, 3.05) is 31.1 Å². The maximum Gasteiger partial charge on any atom is 0.123 e. The largest absolute Gasteiger partial charge is 0.367 e. The van der Waals surface area contributed by atoms with E-state index in [1.54, 1.807) is 18.3 Å². The second-order valence-corrected chi connectivity index (χ2v) is 6.25. The Morgan fingerprint density at radius 3 is 2.56 bits per heavy atom. The van der Waals surface area contributed by atoms with Crippen LogP contribution in [0.15, 0.2) is 55.0 Å². The molecule has 0 aliphatic carbocycles. The predicted molar refractivity (Wildman–Crippen MR) is 95.7 cm³/mol. The number of hydrogen-bond donors (Lipinski definition) is 1. The Kier molecular flexibility index (Phi) is 4.43. The number of pyridine rings is 1. The first-order valence-electron chi connectivity index (χ1n) is 8.45. The topological polar surface area (TPSA) is 48.1 Å². The van der Waals surface area contributed by atoms with Crippen LogP contribution in [0, 0.1) is 5.82 Å². The Morgan fingerprint density at radius 1 is 1.04 bits per heavy atom. The molecule has 2 aromatic heterocycles. The lowest BCUT2D eigenvalue weighted by Crippen LogP contribution is -2.46.